The van der Waals surface area contributed by atoms with Crippen LogP contribution in [-0.4, -0.2) is 43.7 Å². The summed E-state index contributed by atoms with van der Waals surface area (Å²) in [5.41, 5.74) is 3.39. The van der Waals surface area contributed by atoms with Crippen molar-refractivity contribution in [3.63, 3.8) is 0 Å². The Bertz CT molecular complexity index is 802. The number of hydrogen-bond acceptors (Lipinski definition) is 5. The standard InChI is InChI=1S/C20H30N4O2S/c1-8-21-20(22-11-19-14(3)23-15(4)27-19)24(5)12-16-10-18(26-7)17(25-6)9-13(16)2/h9-10H,8,11-12H2,1-7H3,(H,21,22). The number of ether oxygens (including phenoxy) is 2. The van der Waals surface area contributed by atoms with Gasteiger partial charge in [-0.15, -0.1) is 11.3 Å². The summed E-state index contributed by atoms with van der Waals surface area (Å²) in [6.07, 6.45) is 0. The lowest BCUT2D eigenvalue weighted by Crippen LogP contribution is -2.38. The number of benzene rings is 1. The highest BCUT2D eigenvalue weighted by atomic mass is 32.1. The Kier molecular flexibility index (Phi) is 7.47. The van der Waals surface area contributed by atoms with Gasteiger partial charge in [-0.3, -0.25) is 0 Å². The van der Waals surface area contributed by atoms with Gasteiger partial charge < -0.3 is 19.7 Å². The molecule has 0 saturated heterocycles. The Morgan fingerprint density at radius 3 is 2.41 bits per heavy atom. The second kappa shape index (κ2) is 9.60. The second-order valence-corrected chi connectivity index (χ2v) is 7.69. The summed E-state index contributed by atoms with van der Waals surface area (Å²) >= 11 is 1.71. The van der Waals surface area contributed by atoms with E-state index in [1.54, 1.807) is 25.6 Å². The van der Waals surface area contributed by atoms with Gasteiger partial charge in [-0.2, -0.15) is 0 Å². The molecule has 0 spiro atoms. The molecule has 6 nitrogen and oxygen atoms in total. The van der Waals surface area contributed by atoms with Gasteiger partial charge >= 0.3 is 0 Å². The fraction of sp³-hybridized carbons (Fsp3) is 0.500. The molecule has 1 heterocycles. The summed E-state index contributed by atoms with van der Waals surface area (Å²) < 4.78 is 10.8. The molecular formula is C20H30N4O2S. The Morgan fingerprint density at radius 2 is 1.85 bits per heavy atom. The van der Waals surface area contributed by atoms with Gasteiger partial charge in [0.15, 0.2) is 17.5 Å². The molecule has 0 aliphatic carbocycles. The van der Waals surface area contributed by atoms with Gasteiger partial charge in [0.05, 0.1) is 31.5 Å². The summed E-state index contributed by atoms with van der Waals surface area (Å²) in [4.78, 5) is 12.6. The molecule has 7 heteroatoms. The molecule has 0 radical (unpaired) electrons. The molecule has 0 bridgehead atoms. The summed E-state index contributed by atoms with van der Waals surface area (Å²) in [6, 6.07) is 4.04. The lowest BCUT2D eigenvalue weighted by Gasteiger charge is -2.23. The molecule has 2 aromatic rings. The van der Waals surface area contributed by atoms with E-state index in [2.05, 4.69) is 29.0 Å². The van der Waals surface area contributed by atoms with Crippen LogP contribution in [0.2, 0.25) is 0 Å². The van der Waals surface area contributed by atoms with Gasteiger partial charge in [0.25, 0.3) is 0 Å². The Balaban J connectivity index is 2.20. The third kappa shape index (κ3) is 5.35. The lowest BCUT2D eigenvalue weighted by molar-refractivity contribution is 0.353. The maximum absolute atomic E-state index is 5.45. The van der Waals surface area contributed by atoms with Crippen LogP contribution in [0, 0.1) is 20.8 Å². The molecule has 0 saturated carbocycles. The Morgan fingerprint density at radius 1 is 1.19 bits per heavy atom. The maximum atomic E-state index is 5.45. The van der Waals surface area contributed by atoms with Gasteiger partial charge in [-0.25, -0.2) is 9.98 Å². The second-order valence-electron chi connectivity index (χ2n) is 6.40. The predicted octanol–water partition coefficient (Wildman–Crippen LogP) is 3.68. The van der Waals surface area contributed by atoms with Crippen LogP contribution >= 0.6 is 11.3 Å². The minimum absolute atomic E-state index is 0.634. The van der Waals surface area contributed by atoms with Crippen molar-refractivity contribution in [2.75, 3.05) is 27.8 Å². The number of rotatable bonds is 7. The molecule has 148 valence electrons. The summed E-state index contributed by atoms with van der Waals surface area (Å²) in [6.45, 7) is 10.4. The van der Waals surface area contributed by atoms with Gasteiger partial charge in [0.1, 0.15) is 0 Å². The number of aromatic nitrogens is 1. The van der Waals surface area contributed by atoms with Crippen LogP contribution < -0.4 is 14.8 Å². The average molecular weight is 391 g/mol. The first kappa shape index (κ1) is 21.0. The van der Waals surface area contributed by atoms with Crippen LogP contribution in [0.15, 0.2) is 17.1 Å². The summed E-state index contributed by atoms with van der Waals surface area (Å²) in [5, 5.41) is 4.45. The van der Waals surface area contributed by atoms with Crippen molar-refractivity contribution in [3.8, 4) is 11.5 Å². The van der Waals surface area contributed by atoms with Crippen molar-refractivity contribution in [2.24, 2.45) is 4.99 Å². The number of nitrogens with one attached hydrogen (secondary N) is 1. The smallest absolute Gasteiger partial charge is 0.194 e. The van der Waals surface area contributed by atoms with Crippen LogP contribution in [0.5, 0.6) is 11.5 Å². The van der Waals surface area contributed by atoms with Crippen LogP contribution in [0.25, 0.3) is 0 Å². The fourth-order valence-corrected chi connectivity index (χ4v) is 3.72. The highest BCUT2D eigenvalue weighted by Gasteiger charge is 2.13. The highest BCUT2D eigenvalue weighted by molar-refractivity contribution is 7.11. The van der Waals surface area contributed by atoms with Crippen molar-refractivity contribution in [2.45, 2.75) is 40.8 Å². The fourth-order valence-electron chi connectivity index (χ4n) is 2.86. The lowest BCUT2D eigenvalue weighted by atomic mass is 10.1. The Hall–Kier alpha value is -2.28. The molecule has 1 aromatic carbocycles. The van der Waals surface area contributed by atoms with E-state index in [0.717, 1.165) is 46.8 Å². The molecule has 2 rings (SSSR count). The summed E-state index contributed by atoms with van der Waals surface area (Å²) in [7, 11) is 5.36. The van der Waals surface area contributed by atoms with Crippen LogP contribution in [0.1, 0.15) is 33.6 Å². The van der Waals surface area contributed by atoms with E-state index < -0.39 is 0 Å². The molecule has 0 atom stereocenters. The van der Waals surface area contributed by atoms with Gasteiger partial charge in [-0.05, 0) is 51.0 Å². The van der Waals surface area contributed by atoms with E-state index in [0.29, 0.717) is 6.54 Å². The van der Waals surface area contributed by atoms with Crippen molar-refractivity contribution in [1.82, 2.24) is 15.2 Å². The van der Waals surface area contributed by atoms with E-state index in [9.17, 15) is 0 Å². The third-order valence-electron chi connectivity index (χ3n) is 4.32. The van der Waals surface area contributed by atoms with Gasteiger partial charge in [-0.1, -0.05) is 0 Å². The first-order valence-electron chi connectivity index (χ1n) is 9.03. The van der Waals surface area contributed by atoms with Crippen LogP contribution in [0.3, 0.4) is 0 Å². The topological polar surface area (TPSA) is 59.0 Å². The zero-order chi connectivity index (χ0) is 20.0. The quantitative estimate of drug-likeness (QED) is 0.577. The van der Waals surface area contributed by atoms with Crippen molar-refractivity contribution in [3.05, 3.63) is 38.8 Å². The molecule has 0 amide bonds. The zero-order valence-electron chi connectivity index (χ0n) is 17.3. The first-order chi connectivity index (χ1) is 12.9. The van der Waals surface area contributed by atoms with Crippen molar-refractivity contribution in [1.29, 1.82) is 0 Å². The van der Waals surface area contributed by atoms with E-state index in [-0.39, 0.29) is 0 Å². The molecule has 0 fully saturated rings. The zero-order valence-corrected chi connectivity index (χ0v) is 18.2. The first-order valence-corrected chi connectivity index (χ1v) is 9.85. The molecule has 1 N–H and O–H groups in total. The third-order valence-corrected chi connectivity index (χ3v) is 5.38. The average Bonchev–Trinajstić information content (AvgIpc) is 2.96. The van der Waals surface area contributed by atoms with E-state index in [1.807, 2.05) is 33.0 Å². The minimum Gasteiger partial charge on any atom is -0.493 e. The van der Waals surface area contributed by atoms with E-state index in [1.165, 1.54) is 10.4 Å². The maximum Gasteiger partial charge on any atom is 0.194 e. The Labute approximate surface area is 166 Å². The number of nitrogens with zero attached hydrogens (tertiary/aromatic N) is 3. The SMILES string of the molecule is CCNC(=NCc1sc(C)nc1C)N(C)Cc1cc(OC)c(OC)cc1C. The number of aliphatic imine (C=N–C) groups is 1. The largest absolute Gasteiger partial charge is 0.493 e. The minimum atomic E-state index is 0.634. The van der Waals surface area contributed by atoms with Gasteiger partial charge in [0.2, 0.25) is 0 Å². The molecule has 0 unspecified atom stereocenters. The van der Waals surface area contributed by atoms with Gasteiger partial charge in [0, 0.05) is 25.0 Å². The highest BCUT2D eigenvalue weighted by Crippen LogP contribution is 2.30. The molecule has 27 heavy (non-hydrogen) atoms. The summed E-state index contributed by atoms with van der Waals surface area (Å²) in [5.74, 6) is 2.36. The molecular weight excluding hydrogens is 360 g/mol. The number of methoxy groups -OCH3 is 2. The van der Waals surface area contributed by atoms with Crippen LogP contribution in [0.4, 0.5) is 0 Å². The van der Waals surface area contributed by atoms with Crippen LogP contribution in [-0.2, 0) is 13.1 Å². The normalized spacial score (nSPS) is 11.4. The number of aryl methyl sites for hydroxylation is 3. The molecule has 0 aliphatic rings. The van der Waals surface area contributed by atoms with E-state index in [4.69, 9.17) is 14.5 Å². The monoisotopic (exact) mass is 390 g/mol. The predicted molar refractivity (Wildman–Crippen MR) is 112 cm³/mol. The molecule has 0 aliphatic heterocycles. The van der Waals surface area contributed by atoms with Crippen molar-refractivity contribution >= 4 is 17.3 Å². The number of hydrogen-bond donors (Lipinski definition) is 1. The number of guanidine groups is 1. The van der Waals surface area contributed by atoms with E-state index >= 15 is 0 Å². The van der Waals surface area contributed by atoms with Crippen molar-refractivity contribution < 1.29 is 9.47 Å². The number of thiazole rings is 1. The molecule has 1 aromatic heterocycles.